The Kier molecular flexibility index (Phi) is 4.53. The summed E-state index contributed by atoms with van der Waals surface area (Å²) in [5.41, 5.74) is 2.54. The normalized spacial score (nSPS) is 10.2. The molecule has 1 aromatic heterocycles. The number of hydrogen-bond donors (Lipinski definition) is 1. The van der Waals surface area contributed by atoms with Gasteiger partial charge in [0, 0.05) is 11.9 Å². The van der Waals surface area contributed by atoms with E-state index in [1.54, 1.807) is 12.1 Å². The fourth-order valence-electron chi connectivity index (χ4n) is 1.76. The lowest BCUT2D eigenvalue weighted by Gasteiger charge is -2.06. The van der Waals surface area contributed by atoms with Crippen molar-refractivity contribution in [1.82, 2.24) is 4.98 Å². The van der Waals surface area contributed by atoms with Gasteiger partial charge in [-0.3, -0.25) is 4.79 Å². The molecule has 0 radical (unpaired) electrons. The van der Waals surface area contributed by atoms with Crippen molar-refractivity contribution in [3.63, 3.8) is 0 Å². The van der Waals surface area contributed by atoms with Gasteiger partial charge in [-0.1, -0.05) is 37.1 Å². The third-order valence-electron chi connectivity index (χ3n) is 2.74. The standard InChI is InChI=1S/C15H15ClN2O/c1-2-3-11-4-7-13(8-5-11)18-15(19)12-6-9-14(16)17-10-12/h4-10H,2-3H2,1H3,(H,18,19). The van der Waals surface area contributed by atoms with Crippen LogP contribution < -0.4 is 5.32 Å². The third kappa shape index (κ3) is 3.80. The molecule has 0 fully saturated rings. The fraction of sp³-hybridized carbons (Fsp3) is 0.200. The molecule has 1 amide bonds. The first kappa shape index (κ1) is 13.6. The van der Waals surface area contributed by atoms with E-state index in [1.807, 2.05) is 24.3 Å². The molecule has 1 aromatic carbocycles. The molecule has 3 nitrogen and oxygen atoms in total. The minimum absolute atomic E-state index is 0.188. The SMILES string of the molecule is CCCc1ccc(NC(=O)c2ccc(Cl)nc2)cc1. The fourth-order valence-corrected chi connectivity index (χ4v) is 1.87. The Labute approximate surface area is 117 Å². The predicted octanol–water partition coefficient (Wildman–Crippen LogP) is 3.94. The monoisotopic (exact) mass is 274 g/mol. The highest BCUT2D eigenvalue weighted by Gasteiger charge is 2.06. The Morgan fingerprint density at radius 1 is 1.21 bits per heavy atom. The van der Waals surface area contributed by atoms with Gasteiger partial charge in [-0.15, -0.1) is 0 Å². The largest absolute Gasteiger partial charge is 0.322 e. The van der Waals surface area contributed by atoms with Gasteiger partial charge in [0.15, 0.2) is 0 Å². The topological polar surface area (TPSA) is 42.0 Å². The molecule has 0 aliphatic rings. The quantitative estimate of drug-likeness (QED) is 0.858. The minimum atomic E-state index is -0.188. The number of carbonyl (C=O) groups is 1. The number of benzene rings is 1. The van der Waals surface area contributed by atoms with Gasteiger partial charge >= 0.3 is 0 Å². The maximum atomic E-state index is 11.9. The van der Waals surface area contributed by atoms with Crippen LogP contribution in [0.3, 0.4) is 0 Å². The lowest BCUT2D eigenvalue weighted by molar-refractivity contribution is 0.102. The summed E-state index contributed by atoms with van der Waals surface area (Å²) in [6.45, 7) is 2.14. The van der Waals surface area contributed by atoms with E-state index in [2.05, 4.69) is 17.2 Å². The van der Waals surface area contributed by atoms with Crippen molar-refractivity contribution in [2.24, 2.45) is 0 Å². The van der Waals surface area contributed by atoms with Gasteiger partial charge < -0.3 is 5.32 Å². The molecule has 0 bridgehead atoms. The molecule has 1 heterocycles. The first-order valence-electron chi connectivity index (χ1n) is 6.21. The van der Waals surface area contributed by atoms with Crippen LogP contribution >= 0.6 is 11.6 Å². The molecular weight excluding hydrogens is 260 g/mol. The number of aryl methyl sites for hydroxylation is 1. The van der Waals surface area contributed by atoms with Crippen LogP contribution in [0.1, 0.15) is 29.3 Å². The van der Waals surface area contributed by atoms with E-state index in [0.29, 0.717) is 10.7 Å². The summed E-state index contributed by atoms with van der Waals surface area (Å²) in [6.07, 6.45) is 3.63. The number of aromatic nitrogens is 1. The van der Waals surface area contributed by atoms with E-state index in [4.69, 9.17) is 11.6 Å². The highest BCUT2D eigenvalue weighted by molar-refractivity contribution is 6.29. The van der Waals surface area contributed by atoms with Gasteiger partial charge in [0.2, 0.25) is 0 Å². The van der Waals surface area contributed by atoms with Crippen LogP contribution in [0.4, 0.5) is 5.69 Å². The van der Waals surface area contributed by atoms with E-state index in [-0.39, 0.29) is 5.91 Å². The van der Waals surface area contributed by atoms with Crippen molar-refractivity contribution in [3.8, 4) is 0 Å². The highest BCUT2D eigenvalue weighted by atomic mass is 35.5. The third-order valence-corrected chi connectivity index (χ3v) is 2.96. The second kappa shape index (κ2) is 6.34. The summed E-state index contributed by atoms with van der Waals surface area (Å²) in [4.78, 5) is 15.8. The van der Waals surface area contributed by atoms with Crippen molar-refractivity contribution in [2.75, 3.05) is 5.32 Å². The number of nitrogens with one attached hydrogen (secondary N) is 1. The van der Waals surface area contributed by atoms with Gasteiger partial charge in [0.1, 0.15) is 5.15 Å². The predicted molar refractivity (Wildman–Crippen MR) is 77.6 cm³/mol. The molecule has 0 spiro atoms. The molecule has 0 aliphatic carbocycles. The van der Waals surface area contributed by atoms with E-state index >= 15 is 0 Å². The molecule has 19 heavy (non-hydrogen) atoms. The van der Waals surface area contributed by atoms with Crippen molar-refractivity contribution in [2.45, 2.75) is 19.8 Å². The highest BCUT2D eigenvalue weighted by Crippen LogP contribution is 2.13. The van der Waals surface area contributed by atoms with Crippen LogP contribution in [0.25, 0.3) is 0 Å². The molecule has 4 heteroatoms. The van der Waals surface area contributed by atoms with Gasteiger partial charge in [0.05, 0.1) is 5.56 Å². The minimum Gasteiger partial charge on any atom is -0.322 e. The average Bonchev–Trinajstić information content (AvgIpc) is 2.42. The molecule has 98 valence electrons. The summed E-state index contributed by atoms with van der Waals surface area (Å²) in [5.74, 6) is -0.188. The number of pyridine rings is 1. The lowest BCUT2D eigenvalue weighted by Crippen LogP contribution is -2.12. The molecule has 2 aromatic rings. The van der Waals surface area contributed by atoms with E-state index < -0.39 is 0 Å². The van der Waals surface area contributed by atoms with Gasteiger partial charge in [-0.05, 0) is 36.2 Å². The number of halogens is 1. The maximum Gasteiger partial charge on any atom is 0.257 e. The number of nitrogens with zero attached hydrogens (tertiary/aromatic N) is 1. The molecule has 0 aliphatic heterocycles. The average molecular weight is 275 g/mol. The van der Waals surface area contributed by atoms with Crippen molar-refractivity contribution >= 4 is 23.2 Å². The van der Waals surface area contributed by atoms with Crippen LogP contribution in [-0.4, -0.2) is 10.9 Å². The molecule has 0 saturated heterocycles. The second-order valence-electron chi connectivity index (χ2n) is 4.27. The van der Waals surface area contributed by atoms with E-state index in [1.165, 1.54) is 11.8 Å². The maximum absolute atomic E-state index is 11.9. The van der Waals surface area contributed by atoms with Crippen molar-refractivity contribution in [1.29, 1.82) is 0 Å². The number of hydrogen-bond acceptors (Lipinski definition) is 2. The number of anilines is 1. The van der Waals surface area contributed by atoms with Crippen LogP contribution in [0.2, 0.25) is 5.15 Å². The summed E-state index contributed by atoms with van der Waals surface area (Å²) >= 11 is 5.68. The van der Waals surface area contributed by atoms with E-state index in [9.17, 15) is 4.79 Å². The first-order chi connectivity index (χ1) is 9.19. The van der Waals surface area contributed by atoms with Crippen LogP contribution in [-0.2, 0) is 6.42 Å². The molecule has 0 atom stereocenters. The van der Waals surface area contributed by atoms with Gasteiger partial charge in [-0.25, -0.2) is 4.98 Å². The first-order valence-corrected chi connectivity index (χ1v) is 6.58. The lowest BCUT2D eigenvalue weighted by atomic mass is 10.1. The zero-order chi connectivity index (χ0) is 13.7. The molecule has 2 rings (SSSR count). The Hall–Kier alpha value is -1.87. The van der Waals surface area contributed by atoms with Crippen molar-refractivity contribution < 1.29 is 4.79 Å². The van der Waals surface area contributed by atoms with Crippen LogP contribution in [0, 0.1) is 0 Å². The van der Waals surface area contributed by atoms with Crippen molar-refractivity contribution in [3.05, 3.63) is 58.9 Å². The Balaban J connectivity index is 2.04. The number of carbonyl (C=O) groups excluding carboxylic acids is 1. The van der Waals surface area contributed by atoms with Gasteiger partial charge in [-0.2, -0.15) is 0 Å². The number of rotatable bonds is 4. The second-order valence-corrected chi connectivity index (χ2v) is 4.66. The Bertz CT molecular complexity index is 549. The zero-order valence-electron chi connectivity index (χ0n) is 10.7. The summed E-state index contributed by atoms with van der Waals surface area (Å²) in [5, 5.41) is 3.20. The van der Waals surface area contributed by atoms with Gasteiger partial charge in [0.25, 0.3) is 5.91 Å². The summed E-state index contributed by atoms with van der Waals surface area (Å²) in [6, 6.07) is 11.1. The zero-order valence-corrected chi connectivity index (χ0v) is 11.4. The molecule has 0 saturated carbocycles. The molecule has 0 unspecified atom stereocenters. The van der Waals surface area contributed by atoms with Crippen LogP contribution in [0.5, 0.6) is 0 Å². The summed E-state index contributed by atoms with van der Waals surface area (Å²) in [7, 11) is 0. The Morgan fingerprint density at radius 3 is 2.53 bits per heavy atom. The van der Waals surface area contributed by atoms with E-state index in [0.717, 1.165) is 18.5 Å². The summed E-state index contributed by atoms with van der Waals surface area (Å²) < 4.78 is 0. The molecular formula is C15H15ClN2O. The van der Waals surface area contributed by atoms with Crippen LogP contribution in [0.15, 0.2) is 42.6 Å². The number of amides is 1. The smallest absolute Gasteiger partial charge is 0.257 e. The molecule has 1 N–H and O–H groups in total. The Morgan fingerprint density at radius 2 is 1.95 bits per heavy atom.